The number of hydrogen-bond donors (Lipinski definition) is 3. The van der Waals surface area contributed by atoms with Gasteiger partial charge in [0, 0.05) is 29.4 Å². The topological polar surface area (TPSA) is 101 Å². The molecule has 0 saturated carbocycles. The van der Waals surface area contributed by atoms with Crippen molar-refractivity contribution in [2.45, 2.75) is 26.0 Å². The van der Waals surface area contributed by atoms with E-state index in [0.29, 0.717) is 26.1 Å². The summed E-state index contributed by atoms with van der Waals surface area (Å²) in [6, 6.07) is 4.05. The van der Waals surface area contributed by atoms with Gasteiger partial charge in [0.1, 0.15) is 0 Å². The number of likely N-dealkylation sites (tertiary alicyclic amines) is 1. The molecule has 0 aliphatic carbocycles. The summed E-state index contributed by atoms with van der Waals surface area (Å²) in [5.74, 6) is -0.453. The first kappa shape index (κ1) is 20.6. The van der Waals surface area contributed by atoms with Crippen LogP contribution in [-0.4, -0.2) is 76.9 Å². The molecule has 1 amide bonds. The summed E-state index contributed by atoms with van der Waals surface area (Å²) in [5.41, 5.74) is 0. The van der Waals surface area contributed by atoms with E-state index in [4.69, 9.17) is 9.90 Å². The Balaban J connectivity index is 0.000000891. The molecule has 1 fully saturated rings. The highest BCUT2D eigenvalue weighted by Gasteiger charge is 2.34. The quantitative estimate of drug-likeness (QED) is 0.658. The fraction of sp³-hybridized carbons (Fsp3) is 0.625. The monoisotopic (exact) mass is 358 g/mol. The molecule has 0 unspecified atom stereocenters. The van der Waals surface area contributed by atoms with Gasteiger partial charge in [-0.15, -0.1) is 11.3 Å². The maximum atomic E-state index is 12.7. The minimum absolute atomic E-state index is 0.0608. The number of aryl methyl sites for hydroxylation is 1. The number of aliphatic hydroxyl groups excluding tert-OH is 2. The Hall–Kier alpha value is -1.48. The second-order valence-corrected chi connectivity index (χ2v) is 7.20. The minimum Gasteiger partial charge on any atom is -0.483 e. The van der Waals surface area contributed by atoms with Crippen molar-refractivity contribution in [3.63, 3.8) is 0 Å². The summed E-state index contributed by atoms with van der Waals surface area (Å²) in [6.45, 7) is 3.93. The van der Waals surface area contributed by atoms with E-state index in [9.17, 15) is 15.0 Å². The fourth-order valence-corrected chi connectivity index (χ4v) is 3.63. The third kappa shape index (κ3) is 6.20. The minimum atomic E-state index is -0.583. The Morgan fingerprint density at radius 1 is 1.50 bits per heavy atom. The van der Waals surface area contributed by atoms with E-state index in [-0.39, 0.29) is 19.0 Å². The zero-order valence-corrected chi connectivity index (χ0v) is 14.9. The Morgan fingerprint density at radius 3 is 2.71 bits per heavy atom. The van der Waals surface area contributed by atoms with E-state index < -0.39 is 12.0 Å². The number of carbonyl (C=O) groups is 2. The number of carbonyl (C=O) groups excluding carboxylic acids is 1. The summed E-state index contributed by atoms with van der Waals surface area (Å²) in [5, 5.41) is 26.2. The summed E-state index contributed by atoms with van der Waals surface area (Å²) in [7, 11) is 1.96. The number of carboxylic acid groups (broad SMARTS) is 1. The molecule has 2 atom stereocenters. The zero-order chi connectivity index (χ0) is 18.1. The number of rotatable bonds is 5. The number of hydrogen-bond acceptors (Lipinski definition) is 6. The third-order valence-electron chi connectivity index (χ3n) is 3.92. The average molecular weight is 358 g/mol. The largest absolute Gasteiger partial charge is 0.483 e. The molecule has 8 heteroatoms. The molecule has 0 spiro atoms. The average Bonchev–Trinajstić information content (AvgIpc) is 2.94. The molecule has 2 rings (SSSR count). The van der Waals surface area contributed by atoms with Gasteiger partial charge >= 0.3 is 0 Å². The van der Waals surface area contributed by atoms with Gasteiger partial charge in [-0.05, 0) is 32.5 Å². The lowest BCUT2D eigenvalue weighted by Gasteiger charge is -2.36. The summed E-state index contributed by atoms with van der Waals surface area (Å²) in [4.78, 5) is 27.1. The molecular formula is C16H26N2O5S. The number of piperidine rings is 1. The van der Waals surface area contributed by atoms with Crippen molar-refractivity contribution in [3.05, 3.63) is 21.9 Å². The highest BCUT2D eigenvalue weighted by molar-refractivity contribution is 7.11. The standard InChI is InChI=1S/C15H24N2O3S.CH2O2/c1-11-3-4-12(21-11)9-17(7-8-18)15(20)13-10-16(2)6-5-14(13)19;2-1-3/h3-4,13-14,18-19H,5-10H2,1-2H3;1H,(H,2,3)/t13-,14+;/m1./s1. The summed E-state index contributed by atoms with van der Waals surface area (Å²) in [6.07, 6.45) is 0.0396. The first-order valence-corrected chi connectivity index (χ1v) is 8.64. The molecule has 1 saturated heterocycles. The highest BCUT2D eigenvalue weighted by atomic mass is 32.1. The molecule has 7 nitrogen and oxygen atoms in total. The van der Waals surface area contributed by atoms with Gasteiger partial charge in [-0.2, -0.15) is 0 Å². The molecule has 0 radical (unpaired) electrons. The molecule has 0 aromatic carbocycles. The van der Waals surface area contributed by atoms with Crippen molar-refractivity contribution in [3.8, 4) is 0 Å². The van der Waals surface area contributed by atoms with Crippen molar-refractivity contribution in [2.24, 2.45) is 5.92 Å². The van der Waals surface area contributed by atoms with Crippen LogP contribution in [0.15, 0.2) is 12.1 Å². The van der Waals surface area contributed by atoms with Crippen LogP contribution in [0.5, 0.6) is 0 Å². The predicted molar refractivity (Wildman–Crippen MR) is 91.9 cm³/mol. The third-order valence-corrected chi connectivity index (χ3v) is 4.91. The summed E-state index contributed by atoms with van der Waals surface area (Å²) < 4.78 is 0. The van der Waals surface area contributed by atoms with Gasteiger partial charge in [-0.3, -0.25) is 9.59 Å². The van der Waals surface area contributed by atoms with Crippen LogP contribution < -0.4 is 0 Å². The number of amides is 1. The number of nitrogens with zero attached hydrogens (tertiary/aromatic N) is 2. The Kier molecular flexibility index (Phi) is 8.91. The zero-order valence-electron chi connectivity index (χ0n) is 14.1. The molecule has 3 N–H and O–H groups in total. The molecule has 1 aliphatic heterocycles. The maximum Gasteiger partial charge on any atom is 0.290 e. The number of aliphatic hydroxyl groups is 2. The predicted octanol–water partition coefficient (Wildman–Crippen LogP) is 0.391. The maximum absolute atomic E-state index is 12.7. The van der Waals surface area contributed by atoms with Gasteiger partial charge < -0.3 is 25.1 Å². The van der Waals surface area contributed by atoms with E-state index >= 15 is 0 Å². The molecule has 1 aromatic heterocycles. The van der Waals surface area contributed by atoms with Crippen LogP contribution in [-0.2, 0) is 16.1 Å². The van der Waals surface area contributed by atoms with Crippen LogP contribution in [0.4, 0.5) is 0 Å². The van der Waals surface area contributed by atoms with E-state index in [1.165, 1.54) is 4.88 Å². The van der Waals surface area contributed by atoms with Crippen LogP contribution >= 0.6 is 11.3 Å². The van der Waals surface area contributed by atoms with Gasteiger partial charge in [0.2, 0.25) is 5.91 Å². The Bertz CT molecular complexity index is 522. The second kappa shape index (κ2) is 10.4. The molecular weight excluding hydrogens is 332 g/mol. The highest BCUT2D eigenvalue weighted by Crippen LogP contribution is 2.22. The first-order chi connectivity index (χ1) is 11.4. The lowest BCUT2D eigenvalue weighted by molar-refractivity contribution is -0.143. The molecule has 0 bridgehead atoms. The van der Waals surface area contributed by atoms with Gasteiger partial charge in [0.25, 0.3) is 6.47 Å². The van der Waals surface area contributed by atoms with Crippen molar-refractivity contribution in [2.75, 3.05) is 33.3 Å². The first-order valence-electron chi connectivity index (χ1n) is 7.82. The smallest absolute Gasteiger partial charge is 0.290 e. The molecule has 1 aliphatic rings. The van der Waals surface area contributed by atoms with Crippen molar-refractivity contribution in [1.82, 2.24) is 9.80 Å². The Morgan fingerprint density at radius 2 is 2.17 bits per heavy atom. The molecule has 136 valence electrons. The van der Waals surface area contributed by atoms with Crippen LogP contribution in [0.25, 0.3) is 0 Å². The van der Waals surface area contributed by atoms with Crippen molar-refractivity contribution in [1.29, 1.82) is 0 Å². The van der Waals surface area contributed by atoms with Gasteiger partial charge in [-0.1, -0.05) is 0 Å². The van der Waals surface area contributed by atoms with Crippen LogP contribution in [0, 0.1) is 12.8 Å². The van der Waals surface area contributed by atoms with Gasteiger partial charge in [-0.25, -0.2) is 0 Å². The normalized spacial score (nSPS) is 20.8. The van der Waals surface area contributed by atoms with Crippen molar-refractivity contribution >= 4 is 23.7 Å². The van der Waals surface area contributed by atoms with E-state index in [1.807, 2.05) is 26.1 Å². The SMILES string of the molecule is Cc1ccc(CN(CCO)C(=O)[C@@H]2CN(C)CC[C@@H]2O)s1.O=CO. The van der Waals surface area contributed by atoms with E-state index in [2.05, 4.69) is 4.90 Å². The lowest BCUT2D eigenvalue weighted by Crippen LogP contribution is -2.50. The van der Waals surface area contributed by atoms with Crippen LogP contribution in [0.2, 0.25) is 0 Å². The van der Waals surface area contributed by atoms with Crippen molar-refractivity contribution < 1.29 is 24.9 Å². The summed E-state index contributed by atoms with van der Waals surface area (Å²) >= 11 is 1.66. The molecule has 2 heterocycles. The van der Waals surface area contributed by atoms with Gasteiger partial charge in [0.15, 0.2) is 0 Å². The van der Waals surface area contributed by atoms with Gasteiger partial charge in [0.05, 0.1) is 25.2 Å². The van der Waals surface area contributed by atoms with Crippen LogP contribution in [0.1, 0.15) is 16.2 Å². The lowest BCUT2D eigenvalue weighted by atomic mass is 9.93. The number of thiophene rings is 1. The molecule has 1 aromatic rings. The van der Waals surface area contributed by atoms with Crippen LogP contribution in [0.3, 0.4) is 0 Å². The van der Waals surface area contributed by atoms with E-state index in [0.717, 1.165) is 11.4 Å². The fourth-order valence-electron chi connectivity index (χ4n) is 2.73. The molecule has 24 heavy (non-hydrogen) atoms. The second-order valence-electron chi connectivity index (χ2n) is 5.83. The van der Waals surface area contributed by atoms with E-state index in [1.54, 1.807) is 16.2 Å². The Labute approximate surface area is 146 Å².